The maximum Gasteiger partial charge on any atom is 0.335 e. The highest BCUT2D eigenvalue weighted by Crippen LogP contribution is 2.24. The van der Waals surface area contributed by atoms with E-state index in [4.69, 9.17) is 5.11 Å². The molecule has 2 rings (SSSR count). The van der Waals surface area contributed by atoms with E-state index in [2.05, 4.69) is 5.32 Å². The Kier molecular flexibility index (Phi) is 6.12. The van der Waals surface area contributed by atoms with Crippen LogP contribution in [-0.4, -0.2) is 48.0 Å². The number of nitrogens with one attached hydrogen (secondary N) is 1. The van der Waals surface area contributed by atoms with Gasteiger partial charge < -0.3 is 10.4 Å². The number of aromatic carboxylic acids is 1. The lowest BCUT2D eigenvalue weighted by molar-refractivity contribution is -0.120. The molecule has 7 nitrogen and oxygen atoms in total. The van der Waals surface area contributed by atoms with Crippen molar-refractivity contribution in [3.8, 4) is 0 Å². The van der Waals surface area contributed by atoms with E-state index in [-0.39, 0.29) is 23.5 Å². The van der Waals surface area contributed by atoms with Crippen LogP contribution in [0.5, 0.6) is 0 Å². The molecule has 1 heterocycles. The van der Waals surface area contributed by atoms with Crippen molar-refractivity contribution in [1.29, 1.82) is 0 Å². The molecule has 1 aliphatic heterocycles. The largest absolute Gasteiger partial charge is 0.478 e. The zero-order chi connectivity index (χ0) is 18.6. The number of carbonyl (C=O) groups excluding carboxylic acids is 1. The molecule has 1 aliphatic rings. The lowest BCUT2D eigenvalue weighted by Crippen LogP contribution is -2.50. The fraction of sp³-hybridized carbons (Fsp3) is 0.500. The lowest BCUT2D eigenvalue weighted by atomic mass is 10.0. The van der Waals surface area contributed by atoms with E-state index in [0.29, 0.717) is 25.7 Å². The fourth-order valence-corrected chi connectivity index (χ4v) is 4.59. The molecule has 1 aromatic carbocycles. The molecule has 0 radical (unpaired) electrons. The summed E-state index contributed by atoms with van der Waals surface area (Å²) in [6, 6.07) is 2.14. The van der Waals surface area contributed by atoms with Gasteiger partial charge in [0.25, 0.3) is 0 Å². The minimum atomic E-state index is -3.57. The number of amides is 1. The number of carboxylic acids is 1. The number of anilines is 1. The maximum atomic E-state index is 13.9. The highest BCUT2D eigenvalue weighted by molar-refractivity contribution is 7.89. The van der Waals surface area contributed by atoms with Crippen molar-refractivity contribution < 1.29 is 27.5 Å². The highest BCUT2D eigenvalue weighted by atomic mass is 32.2. The summed E-state index contributed by atoms with van der Waals surface area (Å²) in [4.78, 5) is 23.5. The van der Waals surface area contributed by atoms with Crippen LogP contribution in [0.15, 0.2) is 18.2 Å². The van der Waals surface area contributed by atoms with Crippen molar-refractivity contribution in [2.75, 3.05) is 17.6 Å². The Morgan fingerprint density at radius 1 is 1.36 bits per heavy atom. The zero-order valence-electron chi connectivity index (χ0n) is 13.9. The van der Waals surface area contributed by atoms with Crippen LogP contribution >= 0.6 is 0 Å². The Bertz CT molecular complexity index is 766. The van der Waals surface area contributed by atoms with Gasteiger partial charge in [-0.05, 0) is 37.5 Å². The number of hydrogen-bond acceptors (Lipinski definition) is 4. The Balaban J connectivity index is 2.24. The molecule has 1 aromatic rings. The molecule has 1 fully saturated rings. The Morgan fingerprint density at radius 3 is 2.72 bits per heavy atom. The normalized spacial score (nSPS) is 18.7. The third-order valence-corrected chi connectivity index (χ3v) is 6.12. The molecule has 1 amide bonds. The van der Waals surface area contributed by atoms with Gasteiger partial charge >= 0.3 is 5.97 Å². The standard InChI is InChI=1S/C16H21FN2O5S/c1-2-9-25(23,24)19-8-4-3-5-14(19)15(20)18-13-10-11(16(21)22)6-7-12(13)17/h6-7,10,14H,2-5,8-9H2,1H3,(H,18,20)(H,21,22). The first-order valence-electron chi connectivity index (χ1n) is 8.09. The molecule has 0 bridgehead atoms. The molecular formula is C16H21FN2O5S. The number of hydrogen-bond donors (Lipinski definition) is 2. The number of carbonyl (C=O) groups is 2. The van der Waals surface area contributed by atoms with Gasteiger partial charge in [0.15, 0.2) is 0 Å². The van der Waals surface area contributed by atoms with Crippen LogP contribution < -0.4 is 5.32 Å². The average Bonchev–Trinajstić information content (AvgIpc) is 2.56. The summed E-state index contributed by atoms with van der Waals surface area (Å²) >= 11 is 0. The van der Waals surface area contributed by atoms with Crippen LogP contribution in [0.4, 0.5) is 10.1 Å². The van der Waals surface area contributed by atoms with Crippen molar-refractivity contribution in [2.45, 2.75) is 38.6 Å². The van der Waals surface area contributed by atoms with E-state index in [1.165, 1.54) is 4.31 Å². The molecule has 0 saturated carbocycles. The van der Waals surface area contributed by atoms with E-state index in [9.17, 15) is 22.4 Å². The van der Waals surface area contributed by atoms with Crippen molar-refractivity contribution >= 4 is 27.6 Å². The first kappa shape index (κ1) is 19.3. The number of rotatable bonds is 6. The number of sulfonamides is 1. The van der Waals surface area contributed by atoms with E-state index < -0.39 is 33.8 Å². The van der Waals surface area contributed by atoms with Crippen LogP contribution in [0, 0.1) is 5.82 Å². The van der Waals surface area contributed by atoms with Crippen molar-refractivity contribution in [3.63, 3.8) is 0 Å². The predicted octanol–water partition coefficient (Wildman–Crippen LogP) is 2.06. The van der Waals surface area contributed by atoms with E-state index in [1.54, 1.807) is 6.92 Å². The van der Waals surface area contributed by atoms with Gasteiger partial charge in [0, 0.05) is 6.54 Å². The summed E-state index contributed by atoms with van der Waals surface area (Å²) in [5.74, 6) is -2.74. The van der Waals surface area contributed by atoms with E-state index in [1.807, 2.05) is 0 Å². The molecule has 1 unspecified atom stereocenters. The van der Waals surface area contributed by atoms with Gasteiger partial charge in [0.05, 0.1) is 17.0 Å². The van der Waals surface area contributed by atoms with Gasteiger partial charge in [-0.1, -0.05) is 13.3 Å². The van der Waals surface area contributed by atoms with Gasteiger partial charge in [-0.3, -0.25) is 4.79 Å². The summed E-state index contributed by atoms with van der Waals surface area (Å²) in [7, 11) is -3.57. The maximum absolute atomic E-state index is 13.9. The zero-order valence-corrected chi connectivity index (χ0v) is 14.7. The number of carboxylic acid groups (broad SMARTS) is 1. The van der Waals surface area contributed by atoms with E-state index in [0.717, 1.165) is 18.2 Å². The quantitative estimate of drug-likeness (QED) is 0.795. The van der Waals surface area contributed by atoms with Crippen LogP contribution in [0.2, 0.25) is 0 Å². The van der Waals surface area contributed by atoms with Gasteiger partial charge in [0.1, 0.15) is 11.9 Å². The SMILES string of the molecule is CCCS(=O)(=O)N1CCCCC1C(=O)Nc1cc(C(=O)O)ccc1F. The van der Waals surface area contributed by atoms with Crippen LogP contribution in [0.1, 0.15) is 43.0 Å². The van der Waals surface area contributed by atoms with Crippen LogP contribution in [-0.2, 0) is 14.8 Å². The van der Waals surface area contributed by atoms with E-state index >= 15 is 0 Å². The first-order chi connectivity index (χ1) is 11.8. The van der Waals surface area contributed by atoms with Gasteiger partial charge in [0.2, 0.25) is 15.9 Å². The molecule has 138 valence electrons. The smallest absolute Gasteiger partial charge is 0.335 e. The lowest BCUT2D eigenvalue weighted by Gasteiger charge is -2.33. The molecule has 0 spiro atoms. The summed E-state index contributed by atoms with van der Waals surface area (Å²) in [5, 5.41) is 11.3. The minimum Gasteiger partial charge on any atom is -0.478 e. The second-order valence-electron chi connectivity index (χ2n) is 5.93. The number of benzene rings is 1. The molecular weight excluding hydrogens is 351 g/mol. The van der Waals surface area contributed by atoms with Crippen molar-refractivity contribution in [3.05, 3.63) is 29.6 Å². The molecule has 1 atom stereocenters. The first-order valence-corrected chi connectivity index (χ1v) is 9.70. The third-order valence-electron chi connectivity index (χ3n) is 4.05. The summed E-state index contributed by atoms with van der Waals surface area (Å²) < 4.78 is 39.8. The van der Waals surface area contributed by atoms with Crippen LogP contribution in [0.3, 0.4) is 0 Å². The summed E-state index contributed by atoms with van der Waals surface area (Å²) in [6.45, 7) is 1.99. The highest BCUT2D eigenvalue weighted by Gasteiger charge is 2.36. The monoisotopic (exact) mass is 372 g/mol. The molecule has 2 N–H and O–H groups in total. The second-order valence-corrected chi connectivity index (χ2v) is 7.97. The summed E-state index contributed by atoms with van der Waals surface area (Å²) in [5.41, 5.74) is -0.445. The second kappa shape index (κ2) is 7.92. The number of nitrogens with zero attached hydrogens (tertiary/aromatic N) is 1. The fourth-order valence-electron chi connectivity index (χ4n) is 2.85. The Morgan fingerprint density at radius 2 is 2.08 bits per heavy atom. The Labute approximate surface area is 145 Å². The summed E-state index contributed by atoms with van der Waals surface area (Å²) in [6.07, 6.45) is 2.13. The number of piperidine rings is 1. The van der Waals surface area contributed by atoms with Crippen molar-refractivity contribution in [2.24, 2.45) is 0 Å². The average molecular weight is 372 g/mol. The van der Waals surface area contributed by atoms with Gasteiger partial charge in [-0.2, -0.15) is 4.31 Å². The Hall–Kier alpha value is -2.00. The molecule has 9 heteroatoms. The third kappa shape index (κ3) is 4.55. The molecule has 25 heavy (non-hydrogen) atoms. The molecule has 1 saturated heterocycles. The van der Waals surface area contributed by atoms with Gasteiger partial charge in [-0.25, -0.2) is 17.6 Å². The van der Waals surface area contributed by atoms with Crippen molar-refractivity contribution in [1.82, 2.24) is 4.31 Å². The molecule has 0 aromatic heterocycles. The number of halogens is 1. The van der Waals surface area contributed by atoms with Crippen LogP contribution in [0.25, 0.3) is 0 Å². The minimum absolute atomic E-state index is 0.0559. The molecule has 0 aliphatic carbocycles. The van der Waals surface area contributed by atoms with Gasteiger partial charge in [-0.15, -0.1) is 0 Å². The topological polar surface area (TPSA) is 104 Å². The predicted molar refractivity (Wildman–Crippen MR) is 90.4 cm³/mol.